The molecule has 7 heteroatoms. The Labute approximate surface area is 149 Å². The highest BCUT2D eigenvalue weighted by molar-refractivity contribution is 7.17. The number of nitrogens with zero attached hydrogens (tertiary/aromatic N) is 1. The van der Waals surface area contributed by atoms with Gasteiger partial charge in [0, 0.05) is 35.1 Å². The fraction of sp³-hybridized carbons (Fsp3) is 0.353. The Bertz CT molecular complexity index is 724. The molecule has 0 spiro atoms. The first-order valence-corrected chi connectivity index (χ1v) is 8.85. The van der Waals surface area contributed by atoms with Crippen molar-refractivity contribution in [3.63, 3.8) is 0 Å². The van der Waals surface area contributed by atoms with Crippen LogP contribution in [-0.4, -0.2) is 44.3 Å². The smallest absolute Gasteiger partial charge is 0.341 e. The fourth-order valence-corrected chi connectivity index (χ4v) is 4.05. The Balaban J connectivity index is 2.04. The van der Waals surface area contributed by atoms with Crippen LogP contribution in [0.1, 0.15) is 15.2 Å². The van der Waals surface area contributed by atoms with Gasteiger partial charge in [0.15, 0.2) is 0 Å². The molecule has 128 valence electrons. The van der Waals surface area contributed by atoms with Gasteiger partial charge in [0.05, 0.1) is 20.3 Å². The summed E-state index contributed by atoms with van der Waals surface area (Å²) in [4.78, 5) is 15.6. The number of nitrogen functional groups attached to an aromatic ring is 1. The monoisotopic (exact) mass is 366 g/mol. The van der Waals surface area contributed by atoms with Gasteiger partial charge < -0.3 is 15.2 Å². The van der Waals surface area contributed by atoms with Crippen molar-refractivity contribution in [1.82, 2.24) is 4.90 Å². The van der Waals surface area contributed by atoms with E-state index in [-0.39, 0.29) is 0 Å². The first kappa shape index (κ1) is 17.2. The number of anilines is 1. The number of morpholine rings is 1. The lowest BCUT2D eigenvalue weighted by Gasteiger charge is -2.26. The predicted octanol–water partition coefficient (Wildman–Crippen LogP) is 3.27. The summed E-state index contributed by atoms with van der Waals surface area (Å²) in [6.45, 7) is 3.91. The van der Waals surface area contributed by atoms with Crippen LogP contribution in [-0.2, 0) is 16.0 Å². The topological polar surface area (TPSA) is 64.8 Å². The summed E-state index contributed by atoms with van der Waals surface area (Å²) in [6, 6.07) is 7.42. The van der Waals surface area contributed by atoms with Gasteiger partial charge in [-0.3, -0.25) is 4.90 Å². The Morgan fingerprint density at radius 1 is 1.33 bits per heavy atom. The van der Waals surface area contributed by atoms with Crippen LogP contribution in [0.4, 0.5) is 5.00 Å². The number of hydrogen-bond acceptors (Lipinski definition) is 6. The highest BCUT2D eigenvalue weighted by Crippen LogP contribution is 2.40. The van der Waals surface area contributed by atoms with Crippen molar-refractivity contribution in [3.05, 3.63) is 39.7 Å². The number of halogens is 1. The third-order valence-corrected chi connectivity index (χ3v) is 5.26. The number of methoxy groups -OCH3 is 1. The van der Waals surface area contributed by atoms with Crippen molar-refractivity contribution < 1.29 is 14.3 Å². The Hall–Kier alpha value is -1.60. The van der Waals surface area contributed by atoms with Crippen molar-refractivity contribution in [3.8, 4) is 11.1 Å². The number of benzene rings is 1. The second-order valence-corrected chi connectivity index (χ2v) is 7.10. The number of esters is 1. The van der Waals surface area contributed by atoms with Crippen molar-refractivity contribution >= 4 is 33.9 Å². The third kappa shape index (κ3) is 3.57. The summed E-state index contributed by atoms with van der Waals surface area (Å²) in [6.07, 6.45) is 0. The molecule has 0 radical (unpaired) electrons. The van der Waals surface area contributed by atoms with E-state index >= 15 is 0 Å². The van der Waals surface area contributed by atoms with Gasteiger partial charge in [0.25, 0.3) is 0 Å². The highest BCUT2D eigenvalue weighted by Gasteiger charge is 2.25. The molecule has 1 fully saturated rings. The summed E-state index contributed by atoms with van der Waals surface area (Å²) in [5.74, 6) is -0.415. The Morgan fingerprint density at radius 3 is 2.62 bits per heavy atom. The van der Waals surface area contributed by atoms with Crippen LogP contribution in [0.5, 0.6) is 0 Å². The van der Waals surface area contributed by atoms with E-state index in [1.165, 1.54) is 18.4 Å². The number of carbonyl (C=O) groups excluding carboxylic acids is 1. The standard InChI is InChI=1S/C17H19ClN2O3S/c1-22-17(21)15-14(11-2-4-12(18)5-3-11)13(24-16(15)19)10-20-6-8-23-9-7-20/h2-5H,6-10,19H2,1H3. The van der Waals surface area contributed by atoms with Crippen molar-refractivity contribution in [2.45, 2.75) is 6.54 Å². The summed E-state index contributed by atoms with van der Waals surface area (Å²) < 4.78 is 10.3. The number of thiophene rings is 1. The maximum atomic E-state index is 12.2. The van der Waals surface area contributed by atoms with Gasteiger partial charge in [-0.1, -0.05) is 23.7 Å². The molecule has 1 saturated heterocycles. The molecule has 1 aliphatic heterocycles. The molecule has 2 heterocycles. The second-order valence-electron chi connectivity index (χ2n) is 5.53. The maximum Gasteiger partial charge on any atom is 0.341 e. The van der Waals surface area contributed by atoms with Crippen molar-refractivity contribution in [2.75, 3.05) is 39.1 Å². The summed E-state index contributed by atoms with van der Waals surface area (Å²) in [5, 5.41) is 1.13. The zero-order chi connectivity index (χ0) is 17.1. The number of rotatable bonds is 4. The number of ether oxygens (including phenoxy) is 2. The number of carbonyl (C=O) groups is 1. The van der Waals surface area contributed by atoms with Crippen molar-refractivity contribution in [1.29, 1.82) is 0 Å². The molecular weight excluding hydrogens is 348 g/mol. The average molecular weight is 367 g/mol. The minimum absolute atomic E-state index is 0.415. The van der Waals surface area contributed by atoms with E-state index in [2.05, 4.69) is 4.90 Å². The van der Waals surface area contributed by atoms with Crippen LogP contribution < -0.4 is 5.73 Å². The van der Waals surface area contributed by atoms with Crippen LogP contribution in [0.2, 0.25) is 5.02 Å². The molecule has 24 heavy (non-hydrogen) atoms. The summed E-state index contributed by atoms with van der Waals surface area (Å²) in [5.41, 5.74) is 8.33. The van der Waals surface area contributed by atoms with Gasteiger partial charge in [-0.05, 0) is 17.7 Å². The molecule has 0 amide bonds. The minimum Gasteiger partial charge on any atom is -0.465 e. The largest absolute Gasteiger partial charge is 0.465 e. The second kappa shape index (κ2) is 7.53. The first-order chi connectivity index (χ1) is 11.6. The maximum absolute atomic E-state index is 12.2. The quantitative estimate of drug-likeness (QED) is 0.841. The van der Waals surface area contributed by atoms with Crippen LogP contribution in [0, 0.1) is 0 Å². The van der Waals surface area contributed by atoms with E-state index < -0.39 is 5.97 Å². The zero-order valence-corrected chi connectivity index (χ0v) is 15.0. The normalized spacial score (nSPS) is 15.4. The van der Waals surface area contributed by atoms with Crippen molar-refractivity contribution in [2.24, 2.45) is 0 Å². The molecule has 5 nitrogen and oxygen atoms in total. The fourth-order valence-electron chi connectivity index (χ4n) is 2.80. The predicted molar refractivity (Wildman–Crippen MR) is 96.6 cm³/mol. The molecule has 2 N–H and O–H groups in total. The van der Waals surface area contributed by atoms with E-state index in [1.807, 2.05) is 24.3 Å². The van der Waals surface area contributed by atoms with Gasteiger partial charge >= 0.3 is 5.97 Å². The van der Waals surface area contributed by atoms with Crippen LogP contribution in [0.25, 0.3) is 11.1 Å². The van der Waals surface area contributed by atoms with Gasteiger partial charge in [-0.2, -0.15) is 0 Å². The zero-order valence-electron chi connectivity index (χ0n) is 13.4. The molecule has 1 aliphatic rings. The molecule has 0 bridgehead atoms. The van der Waals surface area contributed by atoms with Gasteiger partial charge in [-0.15, -0.1) is 11.3 Å². The van der Waals surface area contributed by atoms with Gasteiger partial charge in [-0.25, -0.2) is 4.79 Å². The van der Waals surface area contributed by atoms with Crippen LogP contribution in [0.3, 0.4) is 0 Å². The van der Waals surface area contributed by atoms with E-state index in [0.29, 0.717) is 15.6 Å². The lowest BCUT2D eigenvalue weighted by atomic mass is 10.0. The molecule has 1 aromatic carbocycles. The first-order valence-electron chi connectivity index (χ1n) is 7.65. The van der Waals surface area contributed by atoms with Gasteiger partial charge in [0.1, 0.15) is 10.6 Å². The molecular formula is C17H19ClN2O3S. The lowest BCUT2D eigenvalue weighted by Crippen LogP contribution is -2.35. The SMILES string of the molecule is COC(=O)c1c(N)sc(CN2CCOCC2)c1-c1ccc(Cl)cc1. The molecule has 0 saturated carbocycles. The van der Waals surface area contributed by atoms with E-state index in [9.17, 15) is 4.79 Å². The van der Waals surface area contributed by atoms with E-state index in [1.54, 1.807) is 0 Å². The molecule has 0 unspecified atom stereocenters. The van der Waals surface area contributed by atoms with Crippen LogP contribution in [0.15, 0.2) is 24.3 Å². The number of nitrogens with two attached hydrogens (primary N) is 1. The summed E-state index contributed by atoms with van der Waals surface area (Å²) >= 11 is 7.43. The number of hydrogen-bond donors (Lipinski definition) is 1. The summed E-state index contributed by atoms with van der Waals surface area (Å²) in [7, 11) is 1.37. The highest BCUT2D eigenvalue weighted by atomic mass is 35.5. The van der Waals surface area contributed by atoms with Crippen LogP contribution >= 0.6 is 22.9 Å². The van der Waals surface area contributed by atoms with E-state index in [4.69, 9.17) is 26.8 Å². The minimum atomic E-state index is -0.415. The third-order valence-electron chi connectivity index (χ3n) is 4.00. The van der Waals surface area contributed by atoms with E-state index in [0.717, 1.165) is 48.9 Å². The molecule has 0 aliphatic carbocycles. The molecule has 1 aromatic heterocycles. The molecule has 2 aromatic rings. The molecule has 3 rings (SSSR count). The average Bonchev–Trinajstić information content (AvgIpc) is 2.92. The molecule has 0 atom stereocenters. The Morgan fingerprint density at radius 2 is 2.00 bits per heavy atom. The van der Waals surface area contributed by atoms with Gasteiger partial charge in [0.2, 0.25) is 0 Å². The Kier molecular flexibility index (Phi) is 5.40. The lowest BCUT2D eigenvalue weighted by molar-refractivity contribution is 0.0346.